The zero-order chi connectivity index (χ0) is 18.5. The van der Waals surface area contributed by atoms with E-state index in [1.165, 1.54) is 23.9 Å². The number of aromatic nitrogens is 2. The lowest BCUT2D eigenvalue weighted by molar-refractivity contribution is 0.0743. The number of thioether (sulfide) groups is 1. The van der Waals surface area contributed by atoms with E-state index in [2.05, 4.69) is 4.98 Å². The van der Waals surface area contributed by atoms with Crippen LogP contribution in [0.1, 0.15) is 23.0 Å². The van der Waals surface area contributed by atoms with Crippen LogP contribution in [0.5, 0.6) is 0 Å². The molecule has 1 amide bonds. The first kappa shape index (κ1) is 18.2. The van der Waals surface area contributed by atoms with E-state index in [-0.39, 0.29) is 11.7 Å². The SMILES string of the molecule is CCN(Cc1cccc(F)c1)C(=O)c1cnc(SC)n1-c1ccccc1. The standard InChI is InChI=1S/C20H20FN3OS/c1-3-23(14-15-8-7-9-16(21)12-15)19(25)18-13-22-20(26-2)24(18)17-10-5-4-6-11-17/h4-13H,3,14H2,1-2H3. The summed E-state index contributed by atoms with van der Waals surface area (Å²) in [6, 6.07) is 16.0. The Kier molecular flexibility index (Phi) is 5.73. The van der Waals surface area contributed by atoms with Gasteiger partial charge in [-0.3, -0.25) is 9.36 Å². The molecule has 134 valence electrons. The van der Waals surface area contributed by atoms with Gasteiger partial charge >= 0.3 is 0 Å². The fourth-order valence-electron chi connectivity index (χ4n) is 2.80. The molecule has 0 spiro atoms. The van der Waals surface area contributed by atoms with E-state index in [1.807, 2.05) is 54.1 Å². The number of benzene rings is 2. The topological polar surface area (TPSA) is 38.1 Å². The largest absolute Gasteiger partial charge is 0.333 e. The maximum atomic E-state index is 13.5. The molecule has 0 saturated carbocycles. The fourth-order valence-corrected chi connectivity index (χ4v) is 3.35. The molecule has 0 fully saturated rings. The zero-order valence-corrected chi connectivity index (χ0v) is 15.5. The molecule has 0 aliphatic heterocycles. The van der Waals surface area contributed by atoms with Crippen LogP contribution in [-0.4, -0.2) is 33.2 Å². The number of nitrogens with zero attached hydrogens (tertiary/aromatic N) is 3. The Bertz CT molecular complexity index is 895. The fraction of sp³-hybridized carbons (Fsp3) is 0.200. The van der Waals surface area contributed by atoms with E-state index < -0.39 is 0 Å². The summed E-state index contributed by atoms with van der Waals surface area (Å²) < 4.78 is 15.3. The molecule has 0 aliphatic carbocycles. The minimum Gasteiger partial charge on any atom is -0.333 e. The van der Waals surface area contributed by atoms with Crippen LogP contribution in [0.4, 0.5) is 4.39 Å². The van der Waals surface area contributed by atoms with Gasteiger partial charge in [0.25, 0.3) is 5.91 Å². The van der Waals surface area contributed by atoms with Crippen LogP contribution in [0.3, 0.4) is 0 Å². The number of halogens is 1. The van der Waals surface area contributed by atoms with Crippen molar-refractivity contribution in [1.82, 2.24) is 14.5 Å². The minimum atomic E-state index is -0.301. The molecular formula is C20H20FN3OS. The van der Waals surface area contributed by atoms with Crippen molar-refractivity contribution in [2.24, 2.45) is 0 Å². The van der Waals surface area contributed by atoms with Crippen molar-refractivity contribution in [3.8, 4) is 5.69 Å². The van der Waals surface area contributed by atoms with E-state index in [1.54, 1.807) is 17.2 Å². The lowest BCUT2D eigenvalue weighted by Crippen LogP contribution is -2.31. The predicted molar refractivity (Wildman–Crippen MR) is 102 cm³/mol. The van der Waals surface area contributed by atoms with Crippen molar-refractivity contribution >= 4 is 17.7 Å². The predicted octanol–water partition coefficient (Wildman–Crippen LogP) is 4.40. The highest BCUT2D eigenvalue weighted by Crippen LogP contribution is 2.23. The first-order valence-electron chi connectivity index (χ1n) is 8.35. The number of amides is 1. The molecule has 0 aliphatic rings. The molecule has 6 heteroatoms. The lowest BCUT2D eigenvalue weighted by atomic mass is 10.2. The van der Waals surface area contributed by atoms with Crippen LogP contribution in [0, 0.1) is 5.82 Å². The van der Waals surface area contributed by atoms with Gasteiger partial charge in [-0.05, 0) is 43.0 Å². The van der Waals surface area contributed by atoms with E-state index in [4.69, 9.17) is 0 Å². The molecule has 1 aromatic heterocycles. The number of rotatable bonds is 6. The molecule has 3 rings (SSSR count). The summed E-state index contributed by atoms with van der Waals surface area (Å²) in [5, 5.41) is 0.751. The zero-order valence-electron chi connectivity index (χ0n) is 14.7. The smallest absolute Gasteiger partial charge is 0.272 e. The van der Waals surface area contributed by atoms with E-state index in [0.29, 0.717) is 18.8 Å². The Morgan fingerprint density at radius 2 is 1.96 bits per heavy atom. The number of imidazole rings is 1. The maximum Gasteiger partial charge on any atom is 0.272 e. The summed E-state index contributed by atoms with van der Waals surface area (Å²) in [5.74, 6) is -0.432. The first-order valence-corrected chi connectivity index (χ1v) is 9.57. The van der Waals surface area contributed by atoms with E-state index >= 15 is 0 Å². The second-order valence-corrected chi connectivity index (χ2v) is 6.52. The molecule has 0 radical (unpaired) electrons. The number of carbonyl (C=O) groups excluding carboxylic acids is 1. The average Bonchev–Trinajstić information content (AvgIpc) is 3.10. The Balaban J connectivity index is 1.94. The Morgan fingerprint density at radius 3 is 2.62 bits per heavy atom. The average molecular weight is 369 g/mol. The van der Waals surface area contributed by atoms with Crippen LogP contribution < -0.4 is 0 Å². The number of hydrogen-bond acceptors (Lipinski definition) is 3. The highest BCUT2D eigenvalue weighted by atomic mass is 32.2. The molecule has 1 heterocycles. The van der Waals surface area contributed by atoms with Crippen molar-refractivity contribution in [2.75, 3.05) is 12.8 Å². The number of carbonyl (C=O) groups is 1. The van der Waals surface area contributed by atoms with Gasteiger partial charge < -0.3 is 4.90 Å². The van der Waals surface area contributed by atoms with Gasteiger partial charge in [0.1, 0.15) is 11.5 Å². The third kappa shape index (κ3) is 3.80. The summed E-state index contributed by atoms with van der Waals surface area (Å²) in [5.41, 5.74) is 2.15. The molecule has 2 aromatic carbocycles. The number of para-hydroxylation sites is 1. The van der Waals surface area contributed by atoms with Crippen LogP contribution in [0.2, 0.25) is 0 Å². The third-order valence-corrected chi connectivity index (χ3v) is 4.73. The van der Waals surface area contributed by atoms with Gasteiger partial charge in [-0.2, -0.15) is 0 Å². The monoisotopic (exact) mass is 369 g/mol. The molecule has 0 saturated heterocycles. The Hall–Kier alpha value is -2.60. The molecule has 3 aromatic rings. The maximum absolute atomic E-state index is 13.5. The van der Waals surface area contributed by atoms with Crippen molar-refractivity contribution in [1.29, 1.82) is 0 Å². The summed E-state index contributed by atoms with van der Waals surface area (Å²) in [6.07, 6.45) is 3.54. The second kappa shape index (κ2) is 8.19. The van der Waals surface area contributed by atoms with E-state index in [9.17, 15) is 9.18 Å². The van der Waals surface area contributed by atoms with Crippen molar-refractivity contribution in [3.63, 3.8) is 0 Å². The Morgan fingerprint density at radius 1 is 1.19 bits per heavy atom. The van der Waals surface area contributed by atoms with Crippen LogP contribution in [-0.2, 0) is 6.54 Å². The molecule has 0 bridgehead atoms. The molecule has 0 N–H and O–H groups in total. The summed E-state index contributed by atoms with van der Waals surface area (Å²) in [6.45, 7) is 2.78. The molecule has 0 atom stereocenters. The van der Waals surface area contributed by atoms with Gasteiger partial charge in [0, 0.05) is 18.8 Å². The summed E-state index contributed by atoms with van der Waals surface area (Å²) in [4.78, 5) is 19.2. The van der Waals surface area contributed by atoms with Gasteiger partial charge in [0.15, 0.2) is 5.16 Å². The van der Waals surface area contributed by atoms with Gasteiger partial charge in [-0.25, -0.2) is 9.37 Å². The molecule has 0 unspecified atom stereocenters. The number of hydrogen-bond donors (Lipinski definition) is 0. The van der Waals surface area contributed by atoms with Gasteiger partial charge in [-0.15, -0.1) is 0 Å². The molecule has 4 nitrogen and oxygen atoms in total. The first-order chi connectivity index (χ1) is 12.6. The minimum absolute atomic E-state index is 0.131. The van der Waals surface area contributed by atoms with E-state index in [0.717, 1.165) is 16.4 Å². The molecule has 26 heavy (non-hydrogen) atoms. The van der Waals surface area contributed by atoms with Crippen molar-refractivity contribution < 1.29 is 9.18 Å². The molecular weight excluding hydrogens is 349 g/mol. The quantitative estimate of drug-likeness (QED) is 0.605. The highest BCUT2D eigenvalue weighted by Gasteiger charge is 2.22. The van der Waals surface area contributed by atoms with Crippen LogP contribution in [0.25, 0.3) is 5.69 Å². The highest BCUT2D eigenvalue weighted by molar-refractivity contribution is 7.98. The van der Waals surface area contributed by atoms with Gasteiger partial charge in [0.2, 0.25) is 0 Å². The van der Waals surface area contributed by atoms with Gasteiger partial charge in [-0.1, -0.05) is 42.1 Å². The van der Waals surface area contributed by atoms with Gasteiger partial charge in [0.05, 0.1) is 6.20 Å². The van der Waals surface area contributed by atoms with Crippen LogP contribution >= 0.6 is 11.8 Å². The van der Waals surface area contributed by atoms with Crippen molar-refractivity contribution in [3.05, 3.63) is 77.9 Å². The Labute approximate surface area is 156 Å². The summed E-state index contributed by atoms with van der Waals surface area (Å²) in [7, 11) is 0. The van der Waals surface area contributed by atoms with Crippen LogP contribution in [0.15, 0.2) is 66.0 Å². The second-order valence-electron chi connectivity index (χ2n) is 5.75. The third-order valence-electron chi connectivity index (χ3n) is 4.08. The summed E-state index contributed by atoms with van der Waals surface area (Å²) >= 11 is 1.49. The lowest BCUT2D eigenvalue weighted by Gasteiger charge is -2.22. The normalized spacial score (nSPS) is 10.7. The van der Waals surface area contributed by atoms with Crippen molar-refractivity contribution in [2.45, 2.75) is 18.6 Å².